The van der Waals surface area contributed by atoms with E-state index in [0.29, 0.717) is 18.8 Å². The molecule has 0 atom stereocenters. The third kappa shape index (κ3) is 6.84. The molecule has 0 bridgehead atoms. The first kappa shape index (κ1) is 24.4. The summed E-state index contributed by atoms with van der Waals surface area (Å²) in [6, 6.07) is 12.0. The molecule has 0 spiro atoms. The number of carbonyl (C=O) groups is 1. The third-order valence-electron chi connectivity index (χ3n) is 4.47. The molecule has 2 aromatic carbocycles. The van der Waals surface area contributed by atoms with Crippen molar-refractivity contribution in [3.05, 3.63) is 83.3 Å². The van der Waals surface area contributed by atoms with E-state index in [0.717, 1.165) is 11.3 Å². The number of aliphatic hydroxyl groups is 2. The van der Waals surface area contributed by atoms with E-state index in [1.54, 1.807) is 19.3 Å². The molecule has 1 aliphatic carbocycles. The predicted octanol–water partition coefficient (Wildman–Crippen LogP) is 5.20. The zero-order chi connectivity index (χ0) is 23.5. The Balaban J connectivity index is 0.00000176. The van der Waals surface area contributed by atoms with Gasteiger partial charge in [0.05, 0.1) is 25.0 Å². The number of phenols is 1. The van der Waals surface area contributed by atoms with Crippen LogP contribution in [-0.4, -0.2) is 34.9 Å². The van der Waals surface area contributed by atoms with Crippen molar-refractivity contribution >= 4 is 11.6 Å². The van der Waals surface area contributed by atoms with Crippen LogP contribution in [0.25, 0.3) is 0 Å². The number of hydrogen-bond donors (Lipinski definition) is 4. The molecule has 0 aromatic heterocycles. The van der Waals surface area contributed by atoms with Crippen LogP contribution >= 0.6 is 0 Å². The van der Waals surface area contributed by atoms with Gasteiger partial charge in [-0.15, -0.1) is 0 Å². The number of benzene rings is 2. The van der Waals surface area contributed by atoms with Gasteiger partial charge in [0.2, 0.25) is 0 Å². The summed E-state index contributed by atoms with van der Waals surface area (Å²) in [5, 5.41) is 32.2. The Hall–Kier alpha value is -3.87. The molecule has 0 aliphatic heterocycles. The van der Waals surface area contributed by atoms with E-state index in [1.165, 1.54) is 24.3 Å². The second-order valence-electron chi connectivity index (χ2n) is 6.62. The second kappa shape index (κ2) is 12.1. The van der Waals surface area contributed by atoms with Gasteiger partial charge in [-0.2, -0.15) is 0 Å². The molecule has 0 fully saturated rings. The minimum Gasteiger partial charge on any atom is -0.511 e. The van der Waals surface area contributed by atoms with Crippen LogP contribution in [0.1, 0.15) is 25.8 Å². The van der Waals surface area contributed by atoms with E-state index >= 15 is 0 Å². The van der Waals surface area contributed by atoms with Crippen LogP contribution in [0.5, 0.6) is 17.2 Å². The molecular weight excluding hydrogens is 410 g/mol. The van der Waals surface area contributed by atoms with E-state index in [4.69, 9.17) is 9.47 Å². The lowest BCUT2D eigenvalue weighted by Crippen LogP contribution is -2.16. The zero-order valence-electron chi connectivity index (χ0n) is 18.5. The van der Waals surface area contributed by atoms with Crippen LogP contribution in [0, 0.1) is 0 Å². The topological polar surface area (TPSA) is 108 Å². The van der Waals surface area contributed by atoms with Crippen LogP contribution in [0.2, 0.25) is 0 Å². The molecule has 1 amide bonds. The molecule has 0 saturated heterocycles. The van der Waals surface area contributed by atoms with E-state index < -0.39 is 5.91 Å². The minimum absolute atomic E-state index is 0.0491. The van der Waals surface area contributed by atoms with Gasteiger partial charge >= 0.3 is 0 Å². The van der Waals surface area contributed by atoms with Crippen LogP contribution in [0.4, 0.5) is 5.69 Å². The number of phenolic OH excluding ortho intramolecular Hbond substituents is 1. The molecule has 7 nitrogen and oxygen atoms in total. The molecule has 0 radical (unpaired) electrons. The molecule has 4 N–H and O–H groups in total. The summed E-state index contributed by atoms with van der Waals surface area (Å²) in [5.74, 6) is 0.149. The Morgan fingerprint density at radius 1 is 1.06 bits per heavy atom. The van der Waals surface area contributed by atoms with E-state index in [2.05, 4.69) is 5.32 Å². The monoisotopic (exact) mass is 439 g/mol. The minimum atomic E-state index is -0.631. The maximum atomic E-state index is 12.6. The van der Waals surface area contributed by atoms with Crippen LogP contribution in [0.15, 0.2) is 77.8 Å². The van der Waals surface area contributed by atoms with Gasteiger partial charge < -0.3 is 30.1 Å². The summed E-state index contributed by atoms with van der Waals surface area (Å²) in [5.41, 5.74) is 1.24. The van der Waals surface area contributed by atoms with E-state index in [9.17, 15) is 20.1 Å². The summed E-state index contributed by atoms with van der Waals surface area (Å²) < 4.78 is 10.9. The van der Waals surface area contributed by atoms with Gasteiger partial charge in [0.1, 0.15) is 28.8 Å². The lowest BCUT2D eigenvalue weighted by atomic mass is 10.1. The predicted molar refractivity (Wildman–Crippen MR) is 124 cm³/mol. The first-order valence-electron chi connectivity index (χ1n) is 10.4. The number of ether oxygens (including phenoxy) is 2. The molecule has 0 saturated carbocycles. The number of carbonyl (C=O) groups excluding carboxylic acids is 1. The van der Waals surface area contributed by atoms with Crippen molar-refractivity contribution in [1.29, 1.82) is 0 Å². The molecule has 3 rings (SSSR count). The van der Waals surface area contributed by atoms with Gasteiger partial charge in [0.15, 0.2) is 0 Å². The quantitative estimate of drug-likeness (QED) is 0.472. The van der Waals surface area contributed by atoms with Crippen LogP contribution in [0.3, 0.4) is 0 Å². The highest BCUT2D eigenvalue weighted by molar-refractivity contribution is 6.07. The Labute approximate surface area is 187 Å². The number of nitrogens with one attached hydrogen (secondary N) is 1. The van der Waals surface area contributed by atoms with Gasteiger partial charge in [0, 0.05) is 18.9 Å². The molecular formula is C25H29NO6. The highest BCUT2D eigenvalue weighted by atomic mass is 16.5. The fourth-order valence-corrected chi connectivity index (χ4v) is 2.88. The maximum Gasteiger partial charge on any atom is 0.259 e. The van der Waals surface area contributed by atoms with E-state index in [-0.39, 0.29) is 34.9 Å². The average molecular weight is 440 g/mol. The summed E-state index contributed by atoms with van der Waals surface area (Å²) in [7, 11) is 1.61. The van der Waals surface area contributed by atoms with Crippen molar-refractivity contribution in [2.75, 3.05) is 19.0 Å². The van der Waals surface area contributed by atoms with Crippen molar-refractivity contribution in [3.8, 4) is 17.2 Å². The van der Waals surface area contributed by atoms with Crippen molar-refractivity contribution in [3.63, 3.8) is 0 Å². The standard InChI is InChI=1S/C23H23NO6.C2H6/c1-29-18-8-5-15(6-9-18)11-12-30-22-10-7-17(26)14-20(22)24-23(28)19-13-16(25)3-2-4-21(19)27;1-2/h2-3,5-10,13-14,25-27H,4,11-12H2,1H3,(H,24,28);1-2H3. The SMILES string of the molecule is CC.COc1ccc(CCOc2ccc(O)cc2NC(=O)C2=C(O)CC=CC(O)=C2)cc1. The maximum absolute atomic E-state index is 12.6. The molecule has 0 unspecified atom stereocenters. The lowest BCUT2D eigenvalue weighted by molar-refractivity contribution is -0.112. The van der Waals surface area contributed by atoms with Crippen LogP contribution in [-0.2, 0) is 11.2 Å². The fourth-order valence-electron chi connectivity index (χ4n) is 2.88. The second-order valence-corrected chi connectivity index (χ2v) is 6.62. The highest BCUT2D eigenvalue weighted by Crippen LogP contribution is 2.30. The Bertz CT molecular complexity index is 1010. The largest absolute Gasteiger partial charge is 0.511 e. The van der Waals surface area contributed by atoms with Crippen LogP contribution < -0.4 is 14.8 Å². The summed E-state index contributed by atoms with van der Waals surface area (Å²) >= 11 is 0. The number of aliphatic hydroxyl groups excluding tert-OH is 2. The number of allylic oxidation sites excluding steroid dienone is 2. The lowest BCUT2D eigenvalue weighted by Gasteiger charge is -2.14. The van der Waals surface area contributed by atoms with Crippen molar-refractivity contribution in [1.82, 2.24) is 0 Å². The Morgan fingerprint density at radius 2 is 1.78 bits per heavy atom. The molecule has 1 aliphatic rings. The molecule has 0 heterocycles. The summed E-state index contributed by atoms with van der Waals surface area (Å²) in [6.07, 6.45) is 4.88. The van der Waals surface area contributed by atoms with Gasteiger partial charge in [-0.1, -0.05) is 32.1 Å². The Kier molecular flexibility index (Phi) is 9.22. The van der Waals surface area contributed by atoms with Gasteiger partial charge in [0.25, 0.3) is 5.91 Å². The number of hydrogen-bond acceptors (Lipinski definition) is 6. The number of rotatable bonds is 7. The third-order valence-corrected chi connectivity index (χ3v) is 4.47. The number of amides is 1. The number of methoxy groups -OCH3 is 1. The van der Waals surface area contributed by atoms with Gasteiger partial charge in [-0.3, -0.25) is 4.79 Å². The zero-order valence-corrected chi connectivity index (χ0v) is 18.5. The average Bonchev–Trinajstić information content (AvgIpc) is 2.97. The summed E-state index contributed by atoms with van der Waals surface area (Å²) in [6.45, 7) is 4.35. The molecule has 2 aromatic rings. The first-order chi connectivity index (χ1) is 15.5. The van der Waals surface area contributed by atoms with Crippen molar-refractivity contribution < 1.29 is 29.6 Å². The molecule has 32 heavy (non-hydrogen) atoms. The normalized spacial score (nSPS) is 12.8. The van der Waals surface area contributed by atoms with Gasteiger partial charge in [-0.05, 0) is 42.0 Å². The fraction of sp³-hybridized carbons (Fsp3) is 0.240. The smallest absolute Gasteiger partial charge is 0.259 e. The van der Waals surface area contributed by atoms with Crippen molar-refractivity contribution in [2.45, 2.75) is 26.7 Å². The van der Waals surface area contributed by atoms with Crippen molar-refractivity contribution in [2.24, 2.45) is 0 Å². The summed E-state index contributed by atoms with van der Waals surface area (Å²) in [4.78, 5) is 12.6. The number of anilines is 1. The molecule has 7 heteroatoms. The highest BCUT2D eigenvalue weighted by Gasteiger charge is 2.17. The number of aromatic hydroxyl groups is 1. The molecule has 170 valence electrons. The van der Waals surface area contributed by atoms with E-state index in [1.807, 2.05) is 38.1 Å². The first-order valence-corrected chi connectivity index (χ1v) is 10.4. The van der Waals surface area contributed by atoms with Gasteiger partial charge in [-0.25, -0.2) is 0 Å². The Morgan fingerprint density at radius 3 is 2.47 bits per heavy atom.